The van der Waals surface area contributed by atoms with Gasteiger partial charge in [-0.3, -0.25) is 19.7 Å². The van der Waals surface area contributed by atoms with Crippen LogP contribution >= 0.6 is 0 Å². The Kier molecular flexibility index (Phi) is 6.06. The molecule has 0 bridgehead atoms. The highest BCUT2D eigenvalue weighted by atomic mass is 16.6. The fourth-order valence-electron chi connectivity index (χ4n) is 5.40. The molecule has 1 aromatic carbocycles. The van der Waals surface area contributed by atoms with Crippen LogP contribution in [0.15, 0.2) is 18.2 Å². The third kappa shape index (κ3) is 4.07. The maximum atomic E-state index is 13.0. The number of amides is 2. The van der Waals surface area contributed by atoms with E-state index < -0.39 is 4.92 Å². The lowest BCUT2D eigenvalue weighted by Crippen LogP contribution is -2.31. The molecule has 2 saturated carbocycles. The largest absolute Gasteiger partial charge is 0.377 e. The molecule has 2 amide bonds. The number of rotatable bonds is 4. The number of hydrogen-bond donors (Lipinski definition) is 1. The smallest absolute Gasteiger partial charge is 0.294 e. The molecule has 0 aromatic heterocycles. The molecule has 2 aliphatic carbocycles. The first kappa shape index (κ1) is 20.8. The second kappa shape index (κ2) is 8.74. The van der Waals surface area contributed by atoms with Crippen LogP contribution in [0.4, 0.5) is 17.1 Å². The van der Waals surface area contributed by atoms with Crippen LogP contribution in [-0.4, -0.2) is 22.8 Å². The predicted octanol–water partition coefficient (Wildman–Crippen LogP) is 5.05. The number of benzene rings is 1. The minimum atomic E-state index is -0.422. The van der Waals surface area contributed by atoms with E-state index in [0.29, 0.717) is 17.3 Å². The highest BCUT2D eigenvalue weighted by Gasteiger charge is 2.50. The average Bonchev–Trinajstić information content (AvgIpc) is 2.94. The Morgan fingerprint density at radius 1 is 0.967 bits per heavy atom. The number of fused-ring (bicyclic) bond motifs is 1. The van der Waals surface area contributed by atoms with Crippen molar-refractivity contribution in [2.75, 3.05) is 10.2 Å². The van der Waals surface area contributed by atoms with Crippen molar-refractivity contribution >= 4 is 28.9 Å². The molecule has 1 aromatic rings. The van der Waals surface area contributed by atoms with E-state index in [9.17, 15) is 19.7 Å². The summed E-state index contributed by atoms with van der Waals surface area (Å²) < 4.78 is 0. The summed E-state index contributed by atoms with van der Waals surface area (Å²) in [5.74, 6) is -0.542. The van der Waals surface area contributed by atoms with Crippen molar-refractivity contribution in [3.8, 4) is 0 Å². The van der Waals surface area contributed by atoms with Crippen LogP contribution in [-0.2, 0) is 9.59 Å². The van der Waals surface area contributed by atoms with Crippen molar-refractivity contribution in [2.24, 2.45) is 17.8 Å². The number of carbonyl (C=O) groups is 2. The minimum absolute atomic E-state index is 0.0709. The Hall–Kier alpha value is -2.44. The molecule has 1 aliphatic heterocycles. The van der Waals surface area contributed by atoms with Crippen molar-refractivity contribution in [2.45, 2.75) is 77.2 Å². The zero-order valence-corrected chi connectivity index (χ0v) is 17.6. The van der Waals surface area contributed by atoms with Gasteiger partial charge in [-0.25, -0.2) is 4.90 Å². The zero-order chi connectivity index (χ0) is 21.3. The highest BCUT2D eigenvalue weighted by molar-refractivity contribution is 6.22. The van der Waals surface area contributed by atoms with Gasteiger partial charge in [-0.2, -0.15) is 0 Å². The van der Waals surface area contributed by atoms with Gasteiger partial charge in [-0.05, 0) is 50.2 Å². The Labute approximate surface area is 177 Å². The third-order valence-corrected chi connectivity index (χ3v) is 7.09. The molecule has 162 valence electrons. The Morgan fingerprint density at radius 3 is 2.33 bits per heavy atom. The second-order valence-corrected chi connectivity index (χ2v) is 9.29. The van der Waals surface area contributed by atoms with Gasteiger partial charge in [0.1, 0.15) is 5.69 Å². The van der Waals surface area contributed by atoms with Crippen LogP contribution in [0, 0.1) is 27.9 Å². The van der Waals surface area contributed by atoms with Gasteiger partial charge in [-0.1, -0.05) is 39.0 Å². The summed E-state index contributed by atoms with van der Waals surface area (Å²) in [5.41, 5.74) is 0.722. The average molecular weight is 414 g/mol. The quantitative estimate of drug-likeness (QED) is 0.424. The van der Waals surface area contributed by atoms with E-state index >= 15 is 0 Å². The van der Waals surface area contributed by atoms with Crippen molar-refractivity contribution < 1.29 is 14.5 Å². The molecule has 4 rings (SSSR count). The number of carbonyl (C=O) groups excluding carboxylic acids is 2. The van der Waals surface area contributed by atoms with Crippen molar-refractivity contribution in [1.82, 2.24) is 0 Å². The second-order valence-electron chi connectivity index (χ2n) is 9.29. The molecule has 1 heterocycles. The number of nitro groups is 1. The SMILES string of the molecule is C[C@@H]1CC[C@@H]2C(=O)N(c3ccc(NC4CCCCCCC4)c([N+](=O)[O-])c3)C(=O)[C@@H]2C1. The number of nitro benzene ring substituents is 1. The lowest BCUT2D eigenvalue weighted by Gasteiger charge is -2.25. The molecule has 7 heteroatoms. The molecule has 30 heavy (non-hydrogen) atoms. The van der Waals surface area contributed by atoms with Crippen LogP contribution < -0.4 is 10.2 Å². The standard InChI is InChI=1S/C23H31N3O4/c1-15-9-11-18-19(13-15)23(28)25(22(18)27)17-10-12-20(21(14-17)26(29)30)24-16-7-5-3-2-4-6-8-16/h10,12,14-16,18-19,24H,2-9,11,13H2,1H3/t15-,18+,19-/m1/s1. The van der Waals surface area contributed by atoms with Crippen LogP contribution in [0.1, 0.15) is 71.1 Å². The minimum Gasteiger partial charge on any atom is -0.377 e. The first-order chi connectivity index (χ1) is 14.5. The normalized spacial score (nSPS) is 28.0. The third-order valence-electron chi connectivity index (χ3n) is 7.09. The fraction of sp³-hybridized carbons (Fsp3) is 0.652. The summed E-state index contributed by atoms with van der Waals surface area (Å²) in [4.78, 5) is 38.5. The van der Waals surface area contributed by atoms with Gasteiger partial charge in [0.25, 0.3) is 5.69 Å². The van der Waals surface area contributed by atoms with Crippen molar-refractivity contribution in [1.29, 1.82) is 0 Å². The molecule has 1 N–H and O–H groups in total. The van der Waals surface area contributed by atoms with Gasteiger partial charge in [-0.15, -0.1) is 0 Å². The molecule has 3 aliphatic rings. The van der Waals surface area contributed by atoms with Crippen LogP contribution in [0.25, 0.3) is 0 Å². The molecule has 0 unspecified atom stereocenters. The number of imide groups is 1. The van der Waals surface area contributed by atoms with Gasteiger partial charge in [0.2, 0.25) is 11.8 Å². The van der Waals surface area contributed by atoms with Gasteiger partial charge in [0.05, 0.1) is 22.4 Å². The maximum Gasteiger partial charge on any atom is 0.294 e. The summed E-state index contributed by atoms with van der Waals surface area (Å²) in [6, 6.07) is 4.95. The summed E-state index contributed by atoms with van der Waals surface area (Å²) in [7, 11) is 0. The summed E-state index contributed by atoms with van der Waals surface area (Å²) in [6.45, 7) is 2.11. The molecule has 0 spiro atoms. The Balaban J connectivity index is 1.58. The number of hydrogen-bond acceptors (Lipinski definition) is 5. The monoisotopic (exact) mass is 413 g/mol. The highest BCUT2D eigenvalue weighted by Crippen LogP contribution is 2.43. The van der Waals surface area contributed by atoms with Crippen molar-refractivity contribution in [3.05, 3.63) is 28.3 Å². The van der Waals surface area contributed by atoms with E-state index in [0.717, 1.165) is 44.9 Å². The van der Waals surface area contributed by atoms with Gasteiger partial charge in [0.15, 0.2) is 0 Å². The Morgan fingerprint density at radius 2 is 1.63 bits per heavy atom. The van der Waals surface area contributed by atoms with E-state index in [4.69, 9.17) is 0 Å². The van der Waals surface area contributed by atoms with Gasteiger partial charge in [0, 0.05) is 12.1 Å². The number of anilines is 2. The number of nitrogens with zero attached hydrogens (tertiary/aromatic N) is 2. The molecular formula is C23H31N3O4. The Bertz CT molecular complexity index is 832. The van der Waals surface area contributed by atoms with Gasteiger partial charge >= 0.3 is 0 Å². The summed E-state index contributed by atoms with van der Waals surface area (Å²) >= 11 is 0. The van der Waals surface area contributed by atoms with Gasteiger partial charge < -0.3 is 5.32 Å². The first-order valence-corrected chi connectivity index (χ1v) is 11.4. The topological polar surface area (TPSA) is 92.6 Å². The first-order valence-electron chi connectivity index (χ1n) is 11.4. The lowest BCUT2D eigenvalue weighted by atomic mass is 9.76. The van der Waals surface area contributed by atoms with Crippen LogP contribution in [0.3, 0.4) is 0 Å². The van der Waals surface area contributed by atoms with E-state index in [1.165, 1.54) is 30.2 Å². The molecule has 0 radical (unpaired) electrons. The van der Waals surface area contributed by atoms with E-state index in [-0.39, 0.29) is 35.4 Å². The molecule has 3 fully saturated rings. The summed E-state index contributed by atoms with van der Waals surface area (Å²) in [6.07, 6.45) is 10.3. The van der Waals surface area contributed by atoms with Crippen molar-refractivity contribution in [3.63, 3.8) is 0 Å². The molecule has 1 saturated heterocycles. The van der Waals surface area contributed by atoms with E-state index in [1.54, 1.807) is 12.1 Å². The zero-order valence-electron chi connectivity index (χ0n) is 17.6. The maximum absolute atomic E-state index is 13.0. The predicted molar refractivity (Wildman–Crippen MR) is 115 cm³/mol. The summed E-state index contributed by atoms with van der Waals surface area (Å²) in [5, 5.41) is 15.2. The van der Waals surface area contributed by atoms with Crippen LogP contribution in [0.5, 0.6) is 0 Å². The lowest BCUT2D eigenvalue weighted by molar-refractivity contribution is -0.383. The molecule has 3 atom stereocenters. The fourth-order valence-corrected chi connectivity index (χ4v) is 5.40. The number of nitrogens with one attached hydrogen (secondary N) is 1. The molecule has 7 nitrogen and oxygen atoms in total. The molecular weight excluding hydrogens is 382 g/mol. The van der Waals surface area contributed by atoms with Crippen LogP contribution in [0.2, 0.25) is 0 Å². The van der Waals surface area contributed by atoms with E-state index in [2.05, 4.69) is 12.2 Å². The van der Waals surface area contributed by atoms with E-state index in [1.807, 2.05) is 0 Å².